The van der Waals surface area contributed by atoms with Gasteiger partial charge in [-0.3, -0.25) is 4.99 Å². The van der Waals surface area contributed by atoms with Gasteiger partial charge in [0.1, 0.15) is 11.5 Å². The molecule has 1 aliphatic heterocycles. The van der Waals surface area contributed by atoms with Crippen LogP contribution in [0.4, 0.5) is 5.69 Å². The van der Waals surface area contributed by atoms with Crippen molar-refractivity contribution in [2.75, 3.05) is 59.0 Å². The highest BCUT2D eigenvalue weighted by molar-refractivity contribution is 5.80. The van der Waals surface area contributed by atoms with Crippen molar-refractivity contribution < 1.29 is 14.2 Å². The zero-order chi connectivity index (χ0) is 19.6. The molecule has 0 amide bonds. The van der Waals surface area contributed by atoms with Crippen LogP contribution in [-0.2, 0) is 4.74 Å². The zero-order valence-corrected chi connectivity index (χ0v) is 17.2. The van der Waals surface area contributed by atoms with Crippen LogP contribution in [0.5, 0.6) is 11.5 Å². The van der Waals surface area contributed by atoms with Gasteiger partial charge in [-0.15, -0.1) is 0 Å². The SMILES string of the molecule is CN=C(NCCOCC(C)C)NC1CCN(c2cc(OC)cc(OC)c2)C1. The van der Waals surface area contributed by atoms with Crippen molar-refractivity contribution in [2.24, 2.45) is 10.9 Å². The van der Waals surface area contributed by atoms with Gasteiger partial charge in [-0.05, 0) is 12.3 Å². The maximum absolute atomic E-state index is 5.60. The number of aliphatic imine (C=N–C) groups is 1. The molecule has 1 unspecified atom stereocenters. The minimum atomic E-state index is 0.338. The number of methoxy groups -OCH3 is 2. The maximum Gasteiger partial charge on any atom is 0.191 e. The van der Waals surface area contributed by atoms with Gasteiger partial charge >= 0.3 is 0 Å². The Hall–Kier alpha value is -2.15. The van der Waals surface area contributed by atoms with Crippen LogP contribution in [0.25, 0.3) is 0 Å². The molecule has 0 aromatic heterocycles. The highest BCUT2D eigenvalue weighted by Gasteiger charge is 2.24. The highest BCUT2D eigenvalue weighted by atomic mass is 16.5. The average molecular weight is 379 g/mol. The Labute approximate surface area is 163 Å². The van der Waals surface area contributed by atoms with Crippen molar-refractivity contribution in [1.29, 1.82) is 0 Å². The molecule has 152 valence electrons. The molecule has 0 aliphatic carbocycles. The van der Waals surface area contributed by atoms with Crippen molar-refractivity contribution in [3.8, 4) is 11.5 Å². The fraction of sp³-hybridized carbons (Fsp3) is 0.650. The van der Waals surface area contributed by atoms with E-state index >= 15 is 0 Å². The molecule has 0 radical (unpaired) electrons. The van der Waals surface area contributed by atoms with E-state index in [4.69, 9.17) is 14.2 Å². The largest absolute Gasteiger partial charge is 0.497 e. The number of rotatable bonds is 9. The number of hydrogen-bond acceptors (Lipinski definition) is 5. The van der Waals surface area contributed by atoms with Gasteiger partial charge in [0.25, 0.3) is 0 Å². The van der Waals surface area contributed by atoms with E-state index in [0.29, 0.717) is 18.6 Å². The van der Waals surface area contributed by atoms with Gasteiger partial charge in [0.15, 0.2) is 5.96 Å². The first-order chi connectivity index (χ1) is 13.0. The summed E-state index contributed by atoms with van der Waals surface area (Å²) in [5.74, 6) is 2.99. The van der Waals surface area contributed by atoms with Crippen molar-refractivity contribution in [3.05, 3.63) is 18.2 Å². The summed E-state index contributed by atoms with van der Waals surface area (Å²) in [7, 11) is 5.14. The van der Waals surface area contributed by atoms with E-state index in [1.54, 1.807) is 21.3 Å². The molecule has 0 saturated carbocycles. The molecule has 1 aromatic rings. The smallest absolute Gasteiger partial charge is 0.191 e. The predicted molar refractivity (Wildman–Crippen MR) is 110 cm³/mol. The van der Waals surface area contributed by atoms with E-state index in [-0.39, 0.29) is 0 Å². The fourth-order valence-electron chi connectivity index (χ4n) is 3.04. The fourth-order valence-corrected chi connectivity index (χ4v) is 3.04. The second-order valence-corrected chi connectivity index (χ2v) is 7.11. The van der Waals surface area contributed by atoms with E-state index in [1.165, 1.54) is 0 Å². The van der Waals surface area contributed by atoms with Gasteiger partial charge in [0, 0.05) is 63.2 Å². The maximum atomic E-state index is 5.60. The quantitative estimate of drug-likeness (QED) is 0.390. The van der Waals surface area contributed by atoms with Gasteiger partial charge < -0.3 is 29.7 Å². The van der Waals surface area contributed by atoms with E-state index in [1.807, 2.05) is 18.2 Å². The van der Waals surface area contributed by atoms with Gasteiger partial charge in [-0.25, -0.2) is 0 Å². The molecule has 1 heterocycles. The number of guanidine groups is 1. The van der Waals surface area contributed by atoms with Gasteiger partial charge in [0.2, 0.25) is 0 Å². The Bertz CT molecular complexity index is 585. The van der Waals surface area contributed by atoms with Crippen LogP contribution in [0.15, 0.2) is 23.2 Å². The summed E-state index contributed by atoms with van der Waals surface area (Å²) in [6, 6.07) is 6.32. The number of hydrogen-bond donors (Lipinski definition) is 2. The Morgan fingerprint density at radius 1 is 1.22 bits per heavy atom. The summed E-state index contributed by atoms with van der Waals surface area (Å²) in [4.78, 5) is 6.65. The summed E-state index contributed by atoms with van der Waals surface area (Å²) in [6.45, 7) is 8.39. The second kappa shape index (κ2) is 10.9. The van der Waals surface area contributed by atoms with E-state index in [9.17, 15) is 0 Å². The lowest BCUT2D eigenvalue weighted by atomic mass is 10.2. The molecule has 2 rings (SSSR count). The Morgan fingerprint density at radius 2 is 1.93 bits per heavy atom. The Morgan fingerprint density at radius 3 is 2.52 bits per heavy atom. The van der Waals surface area contributed by atoms with Crippen LogP contribution in [0, 0.1) is 5.92 Å². The van der Waals surface area contributed by atoms with Crippen molar-refractivity contribution in [3.63, 3.8) is 0 Å². The van der Waals surface area contributed by atoms with Crippen LogP contribution >= 0.6 is 0 Å². The van der Waals surface area contributed by atoms with E-state index < -0.39 is 0 Å². The van der Waals surface area contributed by atoms with Gasteiger partial charge in [-0.1, -0.05) is 13.8 Å². The number of benzene rings is 1. The lowest BCUT2D eigenvalue weighted by Gasteiger charge is -2.21. The number of nitrogens with zero attached hydrogens (tertiary/aromatic N) is 2. The topological polar surface area (TPSA) is 67.4 Å². The molecule has 1 aromatic carbocycles. The average Bonchev–Trinajstić information content (AvgIpc) is 3.14. The molecule has 2 N–H and O–H groups in total. The molecule has 27 heavy (non-hydrogen) atoms. The Kier molecular flexibility index (Phi) is 8.51. The highest BCUT2D eigenvalue weighted by Crippen LogP contribution is 2.30. The molecule has 0 bridgehead atoms. The van der Waals surface area contributed by atoms with Crippen LogP contribution < -0.4 is 25.0 Å². The number of nitrogens with one attached hydrogen (secondary N) is 2. The van der Waals surface area contributed by atoms with Crippen LogP contribution in [0.3, 0.4) is 0 Å². The minimum Gasteiger partial charge on any atom is -0.497 e. The predicted octanol–water partition coefficient (Wildman–Crippen LogP) is 2.12. The van der Waals surface area contributed by atoms with E-state index in [0.717, 1.165) is 55.8 Å². The molecule has 1 fully saturated rings. The zero-order valence-electron chi connectivity index (χ0n) is 17.2. The van der Waals surface area contributed by atoms with Crippen LogP contribution in [0.2, 0.25) is 0 Å². The Balaban J connectivity index is 1.83. The molecule has 7 nitrogen and oxygen atoms in total. The van der Waals surface area contributed by atoms with E-state index in [2.05, 4.69) is 34.4 Å². The minimum absolute atomic E-state index is 0.338. The summed E-state index contributed by atoms with van der Waals surface area (Å²) in [6.07, 6.45) is 1.05. The second-order valence-electron chi connectivity index (χ2n) is 7.11. The van der Waals surface area contributed by atoms with Crippen LogP contribution in [-0.4, -0.2) is 66.1 Å². The first-order valence-electron chi connectivity index (χ1n) is 9.58. The summed E-state index contributed by atoms with van der Waals surface area (Å²) in [5, 5.41) is 6.82. The summed E-state index contributed by atoms with van der Waals surface area (Å²) >= 11 is 0. The third-order valence-electron chi connectivity index (χ3n) is 4.44. The molecule has 7 heteroatoms. The lowest BCUT2D eigenvalue weighted by Crippen LogP contribution is -2.45. The standard InChI is InChI=1S/C20H34N4O3/c1-15(2)14-27-9-7-22-20(21-3)23-16-6-8-24(13-16)17-10-18(25-4)12-19(11-17)26-5/h10-12,15-16H,6-9,13-14H2,1-5H3,(H2,21,22,23). The molecular formula is C20H34N4O3. The number of ether oxygens (including phenoxy) is 3. The molecule has 1 atom stereocenters. The summed E-state index contributed by atoms with van der Waals surface area (Å²) < 4.78 is 16.4. The molecule has 0 spiro atoms. The van der Waals surface area contributed by atoms with Gasteiger partial charge in [0.05, 0.1) is 20.8 Å². The van der Waals surface area contributed by atoms with Gasteiger partial charge in [-0.2, -0.15) is 0 Å². The van der Waals surface area contributed by atoms with Crippen LogP contribution in [0.1, 0.15) is 20.3 Å². The lowest BCUT2D eigenvalue weighted by molar-refractivity contribution is 0.114. The molecule has 1 aliphatic rings. The summed E-state index contributed by atoms with van der Waals surface area (Å²) in [5.41, 5.74) is 1.11. The molecular weight excluding hydrogens is 344 g/mol. The number of anilines is 1. The first kappa shape index (κ1) is 21.2. The monoisotopic (exact) mass is 378 g/mol. The molecule has 1 saturated heterocycles. The van der Waals surface area contributed by atoms with Crippen molar-refractivity contribution >= 4 is 11.6 Å². The first-order valence-corrected chi connectivity index (χ1v) is 9.58. The third kappa shape index (κ3) is 6.82. The normalized spacial score (nSPS) is 17.3. The van der Waals surface area contributed by atoms with Crippen molar-refractivity contribution in [2.45, 2.75) is 26.3 Å². The van der Waals surface area contributed by atoms with Crippen molar-refractivity contribution in [1.82, 2.24) is 10.6 Å². The third-order valence-corrected chi connectivity index (χ3v) is 4.44.